The molecule has 0 aliphatic carbocycles. The van der Waals surface area contributed by atoms with Crippen molar-refractivity contribution in [2.75, 3.05) is 6.61 Å². The van der Waals surface area contributed by atoms with Gasteiger partial charge in [-0.1, -0.05) is 20.3 Å². The van der Waals surface area contributed by atoms with Crippen LogP contribution in [0.25, 0.3) is 0 Å². The fourth-order valence-electron chi connectivity index (χ4n) is 2.03. The second kappa shape index (κ2) is 8.04. The van der Waals surface area contributed by atoms with E-state index in [9.17, 15) is 26.3 Å². The Balaban J connectivity index is 2.74. The first-order valence-corrected chi connectivity index (χ1v) is 7.40. The molecular formula is C16H20F6O. The average Bonchev–Trinajstić information content (AvgIpc) is 2.44. The zero-order chi connectivity index (χ0) is 17.7. The molecule has 0 aromatic heterocycles. The van der Waals surface area contributed by atoms with E-state index in [4.69, 9.17) is 4.74 Å². The Hall–Kier alpha value is -1.24. The normalized spacial score (nSPS) is 14.1. The predicted molar refractivity (Wildman–Crippen MR) is 74.8 cm³/mol. The van der Waals surface area contributed by atoms with Gasteiger partial charge in [-0.05, 0) is 42.5 Å². The molecule has 23 heavy (non-hydrogen) atoms. The summed E-state index contributed by atoms with van der Waals surface area (Å²) in [7, 11) is 0. The van der Waals surface area contributed by atoms with E-state index in [0.29, 0.717) is 24.7 Å². The van der Waals surface area contributed by atoms with Crippen molar-refractivity contribution in [1.82, 2.24) is 0 Å². The summed E-state index contributed by atoms with van der Waals surface area (Å²) in [5, 5.41) is 0. The molecule has 0 fully saturated rings. The maximum atomic E-state index is 12.7. The van der Waals surface area contributed by atoms with Gasteiger partial charge in [-0.2, -0.15) is 26.3 Å². The molecule has 132 valence electrons. The van der Waals surface area contributed by atoms with Crippen molar-refractivity contribution in [3.05, 3.63) is 34.9 Å². The third kappa shape index (κ3) is 6.81. The van der Waals surface area contributed by atoms with Gasteiger partial charge in [0.2, 0.25) is 0 Å². The zero-order valence-electron chi connectivity index (χ0n) is 13.0. The molecule has 1 aromatic carbocycles. The molecule has 7 heteroatoms. The van der Waals surface area contributed by atoms with Gasteiger partial charge in [-0.3, -0.25) is 0 Å². The van der Waals surface area contributed by atoms with Gasteiger partial charge in [0, 0.05) is 6.61 Å². The van der Waals surface area contributed by atoms with Crippen molar-refractivity contribution < 1.29 is 31.1 Å². The topological polar surface area (TPSA) is 9.23 Å². The number of benzene rings is 1. The van der Waals surface area contributed by atoms with Gasteiger partial charge in [-0.15, -0.1) is 0 Å². The van der Waals surface area contributed by atoms with Crippen molar-refractivity contribution in [2.45, 2.75) is 52.1 Å². The molecule has 0 heterocycles. The van der Waals surface area contributed by atoms with Gasteiger partial charge in [0.1, 0.15) is 0 Å². The number of halogens is 6. The van der Waals surface area contributed by atoms with E-state index >= 15 is 0 Å². The van der Waals surface area contributed by atoms with E-state index in [1.165, 1.54) is 0 Å². The lowest BCUT2D eigenvalue weighted by Crippen LogP contribution is -2.12. The smallest absolute Gasteiger partial charge is 0.377 e. The van der Waals surface area contributed by atoms with Crippen molar-refractivity contribution >= 4 is 0 Å². The molecule has 0 saturated carbocycles. The van der Waals surface area contributed by atoms with Crippen LogP contribution in [0, 0.1) is 5.92 Å². The van der Waals surface area contributed by atoms with E-state index in [1.807, 2.05) is 6.92 Å². The lowest BCUT2D eigenvalue weighted by molar-refractivity contribution is -0.143. The summed E-state index contributed by atoms with van der Waals surface area (Å²) in [5.74, 6) is 0.518. The van der Waals surface area contributed by atoms with Gasteiger partial charge >= 0.3 is 12.4 Å². The molecule has 0 N–H and O–H groups in total. The van der Waals surface area contributed by atoms with Gasteiger partial charge in [0.25, 0.3) is 0 Å². The van der Waals surface area contributed by atoms with Crippen LogP contribution in [0.1, 0.15) is 49.8 Å². The van der Waals surface area contributed by atoms with Crippen LogP contribution in [0.3, 0.4) is 0 Å². The van der Waals surface area contributed by atoms with Crippen LogP contribution in [0.4, 0.5) is 26.3 Å². The second-order valence-electron chi connectivity index (χ2n) is 5.62. The summed E-state index contributed by atoms with van der Waals surface area (Å²) < 4.78 is 81.4. The van der Waals surface area contributed by atoms with Crippen LogP contribution in [0.5, 0.6) is 0 Å². The first-order valence-electron chi connectivity index (χ1n) is 7.40. The Kier molecular flexibility index (Phi) is 6.92. The van der Waals surface area contributed by atoms with Crippen molar-refractivity contribution in [3.63, 3.8) is 0 Å². The standard InChI is InChI=1S/C16H20F6O/c1-3-11(2)5-4-6-23-10-12-7-13(15(17,18)19)9-14(8-12)16(20,21)22/h7-9,11H,3-6,10H2,1-2H3. The molecule has 1 rings (SSSR count). The lowest BCUT2D eigenvalue weighted by Gasteiger charge is -2.14. The van der Waals surface area contributed by atoms with Gasteiger partial charge in [-0.25, -0.2) is 0 Å². The van der Waals surface area contributed by atoms with Crippen molar-refractivity contribution in [2.24, 2.45) is 5.92 Å². The highest BCUT2D eigenvalue weighted by atomic mass is 19.4. The van der Waals surface area contributed by atoms with Crippen molar-refractivity contribution in [3.8, 4) is 0 Å². The maximum Gasteiger partial charge on any atom is 0.416 e. The number of ether oxygens (including phenoxy) is 1. The summed E-state index contributed by atoms with van der Waals surface area (Å²) >= 11 is 0. The molecule has 1 unspecified atom stereocenters. The molecular weight excluding hydrogens is 322 g/mol. The first-order chi connectivity index (χ1) is 10.5. The molecule has 0 spiro atoms. The predicted octanol–water partition coefficient (Wildman–Crippen LogP) is 6.07. The fraction of sp³-hybridized carbons (Fsp3) is 0.625. The highest BCUT2D eigenvalue weighted by Crippen LogP contribution is 2.36. The van der Waals surface area contributed by atoms with E-state index in [2.05, 4.69) is 6.92 Å². The molecule has 0 aliphatic heterocycles. The van der Waals surface area contributed by atoms with Crippen LogP contribution in [-0.4, -0.2) is 6.61 Å². The molecule has 0 amide bonds. The summed E-state index contributed by atoms with van der Waals surface area (Å²) in [5.41, 5.74) is -2.76. The minimum atomic E-state index is -4.83. The van der Waals surface area contributed by atoms with Crippen LogP contribution >= 0.6 is 0 Å². The van der Waals surface area contributed by atoms with E-state index in [0.717, 1.165) is 19.3 Å². The summed E-state index contributed by atoms with van der Waals surface area (Å²) in [6, 6.07) is 1.51. The monoisotopic (exact) mass is 342 g/mol. The number of rotatable bonds is 7. The second-order valence-corrected chi connectivity index (χ2v) is 5.62. The summed E-state index contributed by atoms with van der Waals surface area (Å²) in [6.07, 6.45) is -7.01. The number of hydrogen-bond acceptors (Lipinski definition) is 1. The van der Waals surface area contributed by atoms with E-state index in [1.54, 1.807) is 0 Å². The Labute approximate surface area is 131 Å². The third-order valence-electron chi connectivity index (χ3n) is 3.60. The first kappa shape index (κ1) is 19.8. The highest BCUT2D eigenvalue weighted by Gasteiger charge is 2.36. The average molecular weight is 342 g/mol. The van der Waals surface area contributed by atoms with Gasteiger partial charge < -0.3 is 4.74 Å². The zero-order valence-corrected chi connectivity index (χ0v) is 13.0. The summed E-state index contributed by atoms with van der Waals surface area (Å²) in [4.78, 5) is 0. The minimum Gasteiger partial charge on any atom is -0.377 e. The summed E-state index contributed by atoms with van der Waals surface area (Å²) in [6.45, 7) is 4.16. The molecule has 0 saturated heterocycles. The largest absolute Gasteiger partial charge is 0.416 e. The molecule has 1 aromatic rings. The fourth-order valence-corrected chi connectivity index (χ4v) is 2.03. The van der Waals surface area contributed by atoms with Crippen molar-refractivity contribution in [1.29, 1.82) is 0 Å². The minimum absolute atomic E-state index is 0.117. The molecule has 0 aliphatic rings. The Morgan fingerprint density at radius 2 is 1.48 bits per heavy atom. The Morgan fingerprint density at radius 3 is 1.91 bits per heavy atom. The molecule has 0 radical (unpaired) electrons. The molecule has 1 atom stereocenters. The molecule has 0 bridgehead atoms. The lowest BCUT2D eigenvalue weighted by atomic mass is 10.0. The SMILES string of the molecule is CCC(C)CCCOCc1cc(C(F)(F)F)cc(C(F)(F)F)c1. The highest BCUT2D eigenvalue weighted by molar-refractivity contribution is 5.33. The Bertz CT molecular complexity index is 460. The van der Waals surface area contributed by atoms with E-state index in [-0.39, 0.29) is 18.2 Å². The number of hydrogen-bond donors (Lipinski definition) is 0. The van der Waals surface area contributed by atoms with Crippen LogP contribution in [0.15, 0.2) is 18.2 Å². The van der Waals surface area contributed by atoms with Crippen LogP contribution in [0.2, 0.25) is 0 Å². The van der Waals surface area contributed by atoms with Crippen LogP contribution in [-0.2, 0) is 23.7 Å². The van der Waals surface area contributed by atoms with Crippen LogP contribution < -0.4 is 0 Å². The van der Waals surface area contributed by atoms with Gasteiger partial charge in [0.15, 0.2) is 0 Å². The van der Waals surface area contributed by atoms with E-state index < -0.39 is 23.5 Å². The Morgan fingerprint density at radius 1 is 0.957 bits per heavy atom. The van der Waals surface area contributed by atoms with Gasteiger partial charge in [0.05, 0.1) is 17.7 Å². The number of alkyl halides is 6. The third-order valence-corrected chi connectivity index (χ3v) is 3.60. The molecule has 1 nitrogen and oxygen atoms in total. The quantitative estimate of drug-likeness (QED) is 0.432. The maximum absolute atomic E-state index is 12.7.